The average molecular weight is 504 g/mol. The van der Waals surface area contributed by atoms with E-state index in [4.69, 9.17) is 11.5 Å². The maximum Gasteiger partial charge on any atom is 0.326 e. The highest BCUT2D eigenvalue weighted by atomic mass is 16.4. The largest absolute Gasteiger partial charge is 0.508 e. The van der Waals surface area contributed by atoms with E-state index in [9.17, 15) is 34.2 Å². The zero-order chi connectivity index (χ0) is 26.8. The number of phenolic OH excluding ortho intramolecular Hbond substituents is 1. The Hall–Kier alpha value is -4.46. The Labute approximate surface area is 205 Å². The number of carbonyl (C=O) groups is 5. The van der Waals surface area contributed by atoms with Gasteiger partial charge in [0.05, 0.1) is 18.8 Å². The molecule has 4 amide bonds. The van der Waals surface area contributed by atoms with E-state index in [0.29, 0.717) is 11.3 Å². The number of rotatable bonds is 13. The highest BCUT2D eigenvalue weighted by Gasteiger charge is 2.30. The monoisotopic (exact) mass is 503 g/mol. The molecule has 0 spiro atoms. The summed E-state index contributed by atoms with van der Waals surface area (Å²) in [6.45, 7) is 1.35. The average Bonchev–Trinajstić information content (AvgIpc) is 3.32. The highest BCUT2D eigenvalue weighted by Crippen LogP contribution is 2.11. The zero-order valence-corrected chi connectivity index (χ0v) is 19.4. The molecule has 1 aromatic heterocycles. The van der Waals surface area contributed by atoms with Crippen molar-refractivity contribution in [3.05, 3.63) is 48.0 Å². The molecule has 194 valence electrons. The Morgan fingerprint density at radius 1 is 0.972 bits per heavy atom. The van der Waals surface area contributed by atoms with Gasteiger partial charge in [0, 0.05) is 18.3 Å². The molecule has 2 aromatic rings. The van der Waals surface area contributed by atoms with Gasteiger partial charge < -0.3 is 42.6 Å². The van der Waals surface area contributed by atoms with Gasteiger partial charge in [0.25, 0.3) is 0 Å². The van der Waals surface area contributed by atoms with E-state index in [-0.39, 0.29) is 18.6 Å². The van der Waals surface area contributed by atoms with E-state index in [1.807, 2.05) is 0 Å². The number of aromatic nitrogens is 2. The number of carbonyl (C=O) groups excluding carboxylic acids is 4. The fraction of sp³-hybridized carbons (Fsp3) is 0.364. The number of imidazole rings is 1. The molecule has 0 fully saturated rings. The second-order valence-corrected chi connectivity index (χ2v) is 8.12. The van der Waals surface area contributed by atoms with E-state index < -0.39 is 60.2 Å². The number of H-pyrrole nitrogens is 1. The van der Waals surface area contributed by atoms with Gasteiger partial charge in [-0.25, -0.2) is 9.78 Å². The molecular formula is C22H29N7O7. The maximum absolute atomic E-state index is 12.7. The van der Waals surface area contributed by atoms with Crippen LogP contribution in [0.5, 0.6) is 5.75 Å². The lowest BCUT2D eigenvalue weighted by Crippen LogP contribution is -2.57. The summed E-state index contributed by atoms with van der Waals surface area (Å²) < 4.78 is 0. The van der Waals surface area contributed by atoms with Crippen molar-refractivity contribution in [2.24, 2.45) is 11.5 Å². The summed E-state index contributed by atoms with van der Waals surface area (Å²) in [5.41, 5.74) is 12.2. The molecule has 10 N–H and O–H groups in total. The van der Waals surface area contributed by atoms with E-state index in [2.05, 4.69) is 25.9 Å². The lowest BCUT2D eigenvalue weighted by atomic mass is 10.1. The van der Waals surface area contributed by atoms with Crippen LogP contribution in [-0.4, -0.2) is 73.9 Å². The summed E-state index contributed by atoms with van der Waals surface area (Å²) >= 11 is 0. The van der Waals surface area contributed by atoms with Crippen LogP contribution in [-0.2, 0) is 36.8 Å². The smallest absolute Gasteiger partial charge is 0.326 e. The van der Waals surface area contributed by atoms with Crippen LogP contribution in [0.2, 0.25) is 0 Å². The van der Waals surface area contributed by atoms with E-state index in [1.54, 1.807) is 12.1 Å². The number of amides is 4. The standard InChI is InChI=1S/C22H29N7O7/c1-11(27-20(33)15(23)6-12-2-4-14(30)5-3-12)19(32)28-16(8-18(24)31)21(34)29-17(22(35)36)7-13-9-25-10-26-13/h2-5,9-11,15-17,30H,6-8,23H2,1H3,(H2,24,31)(H,25,26)(H,27,33)(H,28,32)(H,29,34)(H,35,36). The maximum atomic E-state index is 12.7. The van der Waals surface area contributed by atoms with Crippen molar-refractivity contribution in [3.63, 3.8) is 0 Å². The van der Waals surface area contributed by atoms with Crippen LogP contribution in [0.15, 0.2) is 36.8 Å². The number of primary amides is 1. The van der Waals surface area contributed by atoms with E-state index in [0.717, 1.165) is 0 Å². The molecular weight excluding hydrogens is 474 g/mol. The Morgan fingerprint density at radius 2 is 1.61 bits per heavy atom. The molecule has 1 heterocycles. The minimum absolute atomic E-state index is 0.0626. The highest BCUT2D eigenvalue weighted by molar-refractivity contribution is 5.96. The molecule has 0 bridgehead atoms. The van der Waals surface area contributed by atoms with Crippen LogP contribution in [0.1, 0.15) is 24.6 Å². The number of benzene rings is 1. The first-order chi connectivity index (χ1) is 17.0. The third-order valence-corrected chi connectivity index (χ3v) is 5.11. The van der Waals surface area contributed by atoms with Gasteiger partial charge in [-0.05, 0) is 31.0 Å². The molecule has 0 radical (unpaired) electrons. The van der Waals surface area contributed by atoms with E-state index in [1.165, 1.54) is 31.6 Å². The van der Waals surface area contributed by atoms with Gasteiger partial charge in [0.1, 0.15) is 23.9 Å². The van der Waals surface area contributed by atoms with Crippen molar-refractivity contribution in [1.29, 1.82) is 0 Å². The fourth-order valence-corrected chi connectivity index (χ4v) is 3.16. The SMILES string of the molecule is CC(NC(=O)C(N)Cc1ccc(O)cc1)C(=O)NC(CC(N)=O)C(=O)NC(Cc1cnc[nH]1)C(=O)O. The number of hydrogen-bond donors (Lipinski definition) is 8. The summed E-state index contributed by atoms with van der Waals surface area (Å²) in [5.74, 6) is -4.60. The molecule has 0 saturated carbocycles. The first-order valence-electron chi connectivity index (χ1n) is 10.9. The number of nitrogens with one attached hydrogen (secondary N) is 4. The van der Waals surface area contributed by atoms with Crippen molar-refractivity contribution in [1.82, 2.24) is 25.9 Å². The van der Waals surface area contributed by atoms with Gasteiger partial charge in [-0.15, -0.1) is 0 Å². The summed E-state index contributed by atoms with van der Waals surface area (Å²) in [4.78, 5) is 67.2. The predicted molar refractivity (Wildman–Crippen MR) is 125 cm³/mol. The number of aromatic hydroxyl groups is 1. The molecule has 0 aliphatic carbocycles. The van der Waals surface area contributed by atoms with E-state index >= 15 is 0 Å². The Kier molecular flexibility index (Phi) is 9.92. The molecule has 0 aliphatic heterocycles. The summed E-state index contributed by atoms with van der Waals surface area (Å²) in [7, 11) is 0. The van der Waals surface area contributed by atoms with Crippen molar-refractivity contribution in [3.8, 4) is 5.75 Å². The Balaban J connectivity index is 1.98. The molecule has 0 saturated heterocycles. The normalized spacial score (nSPS) is 14.1. The van der Waals surface area contributed by atoms with Crippen LogP contribution in [0.4, 0.5) is 0 Å². The summed E-state index contributed by atoms with van der Waals surface area (Å²) in [5, 5.41) is 25.7. The topological polar surface area (TPSA) is 243 Å². The molecule has 2 rings (SSSR count). The first-order valence-corrected chi connectivity index (χ1v) is 10.9. The van der Waals surface area contributed by atoms with Crippen molar-refractivity contribution < 1.29 is 34.2 Å². The number of carboxylic acids is 1. The van der Waals surface area contributed by atoms with Crippen LogP contribution < -0.4 is 27.4 Å². The first kappa shape index (κ1) is 27.8. The Bertz CT molecular complexity index is 1070. The number of nitrogens with zero attached hydrogens (tertiary/aromatic N) is 1. The van der Waals surface area contributed by atoms with Gasteiger partial charge in [-0.1, -0.05) is 12.1 Å². The molecule has 4 unspecified atom stereocenters. The minimum Gasteiger partial charge on any atom is -0.508 e. The Morgan fingerprint density at radius 3 is 2.17 bits per heavy atom. The van der Waals surface area contributed by atoms with Crippen molar-refractivity contribution >= 4 is 29.6 Å². The lowest BCUT2D eigenvalue weighted by molar-refractivity contribution is -0.142. The molecule has 0 aliphatic rings. The van der Waals surface area contributed by atoms with Gasteiger partial charge in [0.2, 0.25) is 23.6 Å². The number of aliphatic carboxylic acids is 1. The van der Waals surface area contributed by atoms with Crippen molar-refractivity contribution in [2.45, 2.75) is 50.4 Å². The molecule has 36 heavy (non-hydrogen) atoms. The summed E-state index contributed by atoms with van der Waals surface area (Å²) in [6.07, 6.45) is 2.15. The third kappa shape index (κ3) is 8.72. The number of aromatic amines is 1. The number of phenols is 1. The second kappa shape index (κ2) is 12.9. The van der Waals surface area contributed by atoms with Crippen LogP contribution in [0.3, 0.4) is 0 Å². The van der Waals surface area contributed by atoms with Crippen LogP contribution in [0.25, 0.3) is 0 Å². The van der Waals surface area contributed by atoms with Crippen LogP contribution in [0, 0.1) is 0 Å². The van der Waals surface area contributed by atoms with Gasteiger partial charge in [-0.3, -0.25) is 19.2 Å². The fourth-order valence-electron chi connectivity index (χ4n) is 3.16. The lowest BCUT2D eigenvalue weighted by Gasteiger charge is -2.23. The third-order valence-electron chi connectivity index (χ3n) is 5.11. The summed E-state index contributed by atoms with van der Waals surface area (Å²) in [6, 6.07) is 1.09. The molecule has 14 nitrogen and oxygen atoms in total. The zero-order valence-electron chi connectivity index (χ0n) is 19.4. The van der Waals surface area contributed by atoms with Crippen molar-refractivity contribution in [2.75, 3.05) is 0 Å². The van der Waals surface area contributed by atoms with Gasteiger partial charge >= 0.3 is 5.97 Å². The van der Waals surface area contributed by atoms with Gasteiger partial charge in [-0.2, -0.15) is 0 Å². The number of hydrogen-bond acceptors (Lipinski definition) is 8. The molecule has 4 atom stereocenters. The number of nitrogens with two attached hydrogens (primary N) is 2. The second-order valence-electron chi connectivity index (χ2n) is 8.12. The molecule has 1 aromatic carbocycles. The molecule has 14 heteroatoms. The quantitative estimate of drug-likeness (QED) is 0.146. The predicted octanol–water partition coefficient (Wildman–Crippen LogP) is -2.34. The van der Waals surface area contributed by atoms with Crippen LogP contribution >= 0.6 is 0 Å². The number of carboxylic acid groups (broad SMARTS) is 1. The van der Waals surface area contributed by atoms with Gasteiger partial charge in [0.15, 0.2) is 0 Å². The minimum atomic E-state index is -1.48.